The lowest BCUT2D eigenvalue weighted by Gasteiger charge is -2.17. The summed E-state index contributed by atoms with van der Waals surface area (Å²) in [5.41, 5.74) is 0.919. The number of rotatable bonds is 6. The average molecular weight is 303 g/mol. The smallest absolute Gasteiger partial charge is 0.240 e. The topological polar surface area (TPSA) is 61.4 Å². The summed E-state index contributed by atoms with van der Waals surface area (Å²) in [6.07, 6.45) is 1.25. The predicted molar refractivity (Wildman–Crippen MR) is 88.9 cm³/mol. The molecule has 2 N–H and O–H groups in total. The van der Waals surface area contributed by atoms with Crippen molar-refractivity contribution in [3.63, 3.8) is 0 Å². The molecule has 0 bridgehead atoms. The molecule has 22 heavy (non-hydrogen) atoms. The summed E-state index contributed by atoms with van der Waals surface area (Å²) >= 11 is 0. The molecule has 0 saturated heterocycles. The number of hydrogen-bond donors (Lipinski definition) is 2. The molecule has 120 valence electrons. The highest BCUT2D eigenvalue weighted by Gasteiger charge is 2.56. The Bertz CT molecular complexity index is 546. The van der Waals surface area contributed by atoms with Gasteiger partial charge in [-0.3, -0.25) is 9.59 Å². The van der Waals surface area contributed by atoms with Gasteiger partial charge in [0.25, 0.3) is 0 Å². The Balaban J connectivity index is 1.98. The maximum atomic E-state index is 12.4. The number of carbonyl (C=O) groups excluding carboxylic acids is 2. The van der Waals surface area contributed by atoms with Crippen LogP contribution in [0.15, 0.2) is 24.3 Å². The molecule has 0 radical (unpaired) electrons. The van der Waals surface area contributed by atoms with Gasteiger partial charge in [0.05, 0.1) is 0 Å². The van der Waals surface area contributed by atoms with Crippen molar-refractivity contribution < 1.29 is 9.59 Å². The molecule has 1 aromatic carbocycles. The van der Waals surface area contributed by atoms with Crippen LogP contribution < -0.4 is 15.5 Å². The minimum absolute atomic E-state index is 0.149. The average Bonchev–Trinajstić information content (AvgIpc) is 3.27. The second kappa shape index (κ2) is 6.38. The van der Waals surface area contributed by atoms with Gasteiger partial charge in [0.15, 0.2) is 0 Å². The minimum atomic E-state index is -0.866. The maximum Gasteiger partial charge on any atom is 0.240 e. The fraction of sp³-hybridized carbons (Fsp3) is 0.529. The van der Waals surface area contributed by atoms with E-state index in [0.29, 0.717) is 25.3 Å². The molecule has 1 fully saturated rings. The molecule has 0 aromatic heterocycles. The van der Waals surface area contributed by atoms with E-state index >= 15 is 0 Å². The third-order valence-corrected chi connectivity index (χ3v) is 3.93. The van der Waals surface area contributed by atoms with Crippen LogP contribution in [0.2, 0.25) is 0 Å². The molecule has 0 heterocycles. The number of nitrogens with zero attached hydrogens (tertiary/aromatic N) is 1. The summed E-state index contributed by atoms with van der Waals surface area (Å²) in [7, 11) is 3.93. The van der Waals surface area contributed by atoms with E-state index in [0.717, 1.165) is 11.4 Å². The van der Waals surface area contributed by atoms with Gasteiger partial charge in [-0.2, -0.15) is 0 Å². The first-order chi connectivity index (χ1) is 10.3. The van der Waals surface area contributed by atoms with E-state index in [9.17, 15) is 9.59 Å². The van der Waals surface area contributed by atoms with Gasteiger partial charge in [0.2, 0.25) is 11.8 Å². The number of carbonyl (C=O) groups is 2. The molecule has 1 saturated carbocycles. The number of amides is 2. The summed E-state index contributed by atoms with van der Waals surface area (Å²) < 4.78 is 0. The Morgan fingerprint density at radius 2 is 1.73 bits per heavy atom. The van der Waals surface area contributed by atoms with Crippen molar-refractivity contribution in [3.8, 4) is 0 Å². The molecule has 1 aromatic rings. The van der Waals surface area contributed by atoms with Crippen LogP contribution in [-0.4, -0.2) is 32.5 Å². The molecule has 2 rings (SSSR count). The van der Waals surface area contributed by atoms with Crippen LogP contribution in [0.5, 0.6) is 0 Å². The molecular weight excluding hydrogens is 278 g/mol. The van der Waals surface area contributed by atoms with Crippen LogP contribution in [-0.2, 0) is 9.59 Å². The summed E-state index contributed by atoms with van der Waals surface area (Å²) in [6.45, 7) is 4.67. The van der Waals surface area contributed by atoms with Gasteiger partial charge >= 0.3 is 0 Å². The van der Waals surface area contributed by atoms with E-state index in [4.69, 9.17) is 0 Å². The van der Waals surface area contributed by atoms with E-state index in [-0.39, 0.29) is 11.8 Å². The van der Waals surface area contributed by atoms with Gasteiger partial charge in [0.1, 0.15) is 5.41 Å². The molecule has 1 aliphatic carbocycles. The summed E-state index contributed by atoms with van der Waals surface area (Å²) in [5.74, 6) is 0.0244. The Morgan fingerprint density at radius 3 is 2.18 bits per heavy atom. The summed E-state index contributed by atoms with van der Waals surface area (Å²) in [6, 6.07) is 7.59. The lowest BCUT2D eigenvalue weighted by atomic mass is 10.0. The Morgan fingerprint density at radius 1 is 1.14 bits per heavy atom. The fourth-order valence-electron chi connectivity index (χ4n) is 2.24. The minimum Gasteiger partial charge on any atom is -0.378 e. The first-order valence-electron chi connectivity index (χ1n) is 7.72. The van der Waals surface area contributed by atoms with E-state index < -0.39 is 5.41 Å². The number of hydrogen-bond acceptors (Lipinski definition) is 3. The molecular formula is C17H25N3O2. The van der Waals surface area contributed by atoms with Crippen LogP contribution in [0.25, 0.3) is 0 Å². The van der Waals surface area contributed by atoms with E-state index in [1.54, 1.807) is 0 Å². The molecule has 5 nitrogen and oxygen atoms in total. The Labute approximate surface area is 132 Å². The number of benzene rings is 1. The van der Waals surface area contributed by atoms with Gasteiger partial charge in [-0.1, -0.05) is 13.8 Å². The van der Waals surface area contributed by atoms with Crippen LogP contribution in [0, 0.1) is 11.3 Å². The zero-order valence-electron chi connectivity index (χ0n) is 13.8. The monoisotopic (exact) mass is 303 g/mol. The number of nitrogens with one attached hydrogen (secondary N) is 2. The normalized spacial score (nSPS) is 15.3. The van der Waals surface area contributed by atoms with E-state index in [1.807, 2.05) is 57.1 Å². The van der Waals surface area contributed by atoms with E-state index in [2.05, 4.69) is 10.6 Å². The van der Waals surface area contributed by atoms with Crippen molar-refractivity contribution in [3.05, 3.63) is 24.3 Å². The van der Waals surface area contributed by atoms with Gasteiger partial charge < -0.3 is 15.5 Å². The molecule has 0 atom stereocenters. The van der Waals surface area contributed by atoms with Crippen LogP contribution in [0.4, 0.5) is 11.4 Å². The van der Waals surface area contributed by atoms with Crippen molar-refractivity contribution in [1.29, 1.82) is 0 Å². The summed E-state index contributed by atoms with van der Waals surface area (Å²) in [4.78, 5) is 26.6. The maximum absolute atomic E-state index is 12.4. The van der Waals surface area contributed by atoms with Crippen molar-refractivity contribution in [2.75, 3.05) is 30.9 Å². The second-order valence-electron chi connectivity index (χ2n) is 6.58. The SMILES string of the molecule is CC(C)CNC(=O)C1(C(=O)Nc2ccc(N(C)C)cc2)CC1. The molecule has 0 aliphatic heterocycles. The quantitative estimate of drug-likeness (QED) is 0.792. The third kappa shape index (κ3) is 3.59. The second-order valence-corrected chi connectivity index (χ2v) is 6.58. The Kier molecular flexibility index (Phi) is 4.74. The standard InChI is InChI=1S/C17H25N3O2/c1-12(2)11-18-15(21)17(9-10-17)16(22)19-13-5-7-14(8-6-13)20(3)4/h5-8,12H,9-11H2,1-4H3,(H,18,21)(H,19,22). The van der Waals surface area contributed by atoms with Gasteiger partial charge in [0, 0.05) is 32.0 Å². The first-order valence-corrected chi connectivity index (χ1v) is 7.72. The van der Waals surface area contributed by atoms with E-state index in [1.165, 1.54) is 0 Å². The van der Waals surface area contributed by atoms with Crippen molar-refractivity contribution in [1.82, 2.24) is 5.32 Å². The van der Waals surface area contributed by atoms with Crippen LogP contribution in [0.3, 0.4) is 0 Å². The predicted octanol–water partition coefficient (Wildman–Crippen LogP) is 2.24. The Hall–Kier alpha value is -2.04. The molecule has 0 unspecified atom stereocenters. The lowest BCUT2D eigenvalue weighted by molar-refractivity contribution is -0.134. The number of anilines is 2. The molecule has 0 spiro atoms. The third-order valence-electron chi connectivity index (χ3n) is 3.93. The first kappa shape index (κ1) is 16.3. The highest BCUT2D eigenvalue weighted by Crippen LogP contribution is 2.46. The lowest BCUT2D eigenvalue weighted by Crippen LogP contribution is -2.41. The van der Waals surface area contributed by atoms with Crippen LogP contribution in [0.1, 0.15) is 26.7 Å². The zero-order valence-corrected chi connectivity index (χ0v) is 13.8. The van der Waals surface area contributed by atoms with Crippen LogP contribution >= 0.6 is 0 Å². The highest BCUT2D eigenvalue weighted by molar-refractivity contribution is 6.13. The zero-order chi connectivity index (χ0) is 16.3. The van der Waals surface area contributed by atoms with Gasteiger partial charge in [-0.15, -0.1) is 0 Å². The van der Waals surface area contributed by atoms with Gasteiger partial charge in [-0.05, 0) is 43.0 Å². The fourth-order valence-corrected chi connectivity index (χ4v) is 2.24. The van der Waals surface area contributed by atoms with Crippen molar-refractivity contribution in [2.45, 2.75) is 26.7 Å². The summed E-state index contributed by atoms with van der Waals surface area (Å²) in [5, 5.41) is 5.73. The highest BCUT2D eigenvalue weighted by atomic mass is 16.2. The van der Waals surface area contributed by atoms with Gasteiger partial charge in [-0.25, -0.2) is 0 Å². The molecule has 5 heteroatoms. The largest absolute Gasteiger partial charge is 0.378 e. The molecule has 2 amide bonds. The molecule has 1 aliphatic rings. The van der Waals surface area contributed by atoms with Crippen molar-refractivity contribution in [2.24, 2.45) is 11.3 Å². The van der Waals surface area contributed by atoms with Crippen molar-refractivity contribution >= 4 is 23.2 Å².